The van der Waals surface area contributed by atoms with Gasteiger partial charge in [0.1, 0.15) is 0 Å². The van der Waals surface area contributed by atoms with Crippen molar-refractivity contribution in [3.05, 3.63) is 0 Å². The summed E-state index contributed by atoms with van der Waals surface area (Å²) in [5.41, 5.74) is 0. The lowest BCUT2D eigenvalue weighted by molar-refractivity contribution is 0.266. The predicted molar refractivity (Wildman–Crippen MR) is 90.9 cm³/mol. The molecule has 0 aromatic carbocycles. The average Bonchev–Trinajstić information content (AvgIpc) is 2.99. The monoisotopic (exact) mass is 294 g/mol. The first-order valence-corrected chi connectivity index (χ1v) is 9.05. The summed E-state index contributed by atoms with van der Waals surface area (Å²) < 4.78 is 0. The van der Waals surface area contributed by atoms with E-state index in [-0.39, 0.29) is 0 Å². The Labute approximate surface area is 131 Å². The molecule has 4 nitrogen and oxygen atoms in total. The number of nitrogens with zero attached hydrogens (tertiary/aromatic N) is 3. The number of rotatable bonds is 6. The summed E-state index contributed by atoms with van der Waals surface area (Å²) in [5.74, 6) is 1.95. The van der Waals surface area contributed by atoms with Crippen LogP contribution in [-0.2, 0) is 0 Å². The molecule has 0 saturated carbocycles. The Morgan fingerprint density at radius 2 is 1.95 bits per heavy atom. The van der Waals surface area contributed by atoms with Crippen LogP contribution in [0.15, 0.2) is 4.99 Å². The Bertz CT molecular complexity index is 310. The molecule has 1 atom stereocenters. The lowest BCUT2D eigenvalue weighted by Gasteiger charge is -2.33. The van der Waals surface area contributed by atoms with E-state index < -0.39 is 0 Å². The predicted octanol–water partition coefficient (Wildman–Crippen LogP) is 2.56. The maximum atomic E-state index is 4.85. The van der Waals surface area contributed by atoms with Crippen molar-refractivity contribution in [2.45, 2.75) is 52.4 Å². The van der Waals surface area contributed by atoms with Gasteiger partial charge in [-0.3, -0.25) is 4.99 Å². The molecule has 0 aliphatic carbocycles. The Hall–Kier alpha value is -0.770. The molecule has 1 N–H and O–H groups in total. The Balaban J connectivity index is 1.69. The first-order chi connectivity index (χ1) is 10.3. The van der Waals surface area contributed by atoms with Crippen LogP contribution in [0.25, 0.3) is 0 Å². The van der Waals surface area contributed by atoms with Gasteiger partial charge in [-0.2, -0.15) is 0 Å². The van der Waals surface area contributed by atoms with E-state index in [2.05, 4.69) is 29.0 Å². The second kappa shape index (κ2) is 9.29. The molecule has 0 radical (unpaired) electrons. The van der Waals surface area contributed by atoms with Crippen molar-refractivity contribution in [2.75, 3.05) is 45.8 Å². The largest absolute Gasteiger partial charge is 0.357 e. The van der Waals surface area contributed by atoms with Crippen molar-refractivity contribution in [1.82, 2.24) is 15.1 Å². The van der Waals surface area contributed by atoms with Crippen LogP contribution in [0.1, 0.15) is 52.4 Å². The van der Waals surface area contributed by atoms with Crippen molar-refractivity contribution in [2.24, 2.45) is 10.9 Å². The van der Waals surface area contributed by atoms with Crippen molar-refractivity contribution >= 4 is 5.96 Å². The van der Waals surface area contributed by atoms with E-state index in [0.29, 0.717) is 0 Å². The number of hydrogen-bond acceptors (Lipinski definition) is 2. The molecule has 2 heterocycles. The fourth-order valence-electron chi connectivity index (χ4n) is 3.45. The highest BCUT2D eigenvalue weighted by atomic mass is 15.3. The summed E-state index contributed by atoms with van der Waals surface area (Å²) in [6, 6.07) is 0. The molecule has 0 bridgehead atoms. The molecule has 122 valence electrons. The van der Waals surface area contributed by atoms with E-state index in [0.717, 1.165) is 25.0 Å². The smallest absolute Gasteiger partial charge is 0.193 e. The molecule has 2 aliphatic heterocycles. The van der Waals surface area contributed by atoms with Gasteiger partial charge in [0.25, 0.3) is 0 Å². The van der Waals surface area contributed by atoms with Gasteiger partial charge in [-0.15, -0.1) is 0 Å². The molecular formula is C17H34N4. The SMILES string of the molecule is CCNC(=NCCCCN1CCCC1)N1CCCC(C)C1. The van der Waals surface area contributed by atoms with Gasteiger partial charge >= 0.3 is 0 Å². The fourth-order valence-corrected chi connectivity index (χ4v) is 3.45. The minimum atomic E-state index is 0.803. The van der Waals surface area contributed by atoms with Crippen LogP contribution in [0.2, 0.25) is 0 Å². The molecule has 21 heavy (non-hydrogen) atoms. The van der Waals surface area contributed by atoms with Gasteiger partial charge in [0.2, 0.25) is 0 Å². The highest BCUT2D eigenvalue weighted by molar-refractivity contribution is 5.80. The molecule has 0 amide bonds. The summed E-state index contributed by atoms with van der Waals surface area (Å²) >= 11 is 0. The molecule has 0 spiro atoms. The third-order valence-electron chi connectivity index (χ3n) is 4.63. The minimum absolute atomic E-state index is 0.803. The van der Waals surface area contributed by atoms with Gasteiger partial charge in [0, 0.05) is 26.2 Å². The maximum absolute atomic E-state index is 4.85. The van der Waals surface area contributed by atoms with Crippen molar-refractivity contribution in [3.63, 3.8) is 0 Å². The van der Waals surface area contributed by atoms with Gasteiger partial charge < -0.3 is 15.1 Å². The number of aliphatic imine (C=N–C) groups is 1. The zero-order chi connectivity index (χ0) is 14.9. The molecule has 0 aromatic rings. The molecule has 2 saturated heterocycles. The zero-order valence-corrected chi connectivity index (χ0v) is 14.1. The van der Waals surface area contributed by atoms with Crippen molar-refractivity contribution in [1.29, 1.82) is 0 Å². The highest BCUT2D eigenvalue weighted by Gasteiger charge is 2.18. The summed E-state index contributed by atoms with van der Waals surface area (Å²) in [7, 11) is 0. The van der Waals surface area contributed by atoms with E-state index in [1.54, 1.807) is 0 Å². The second-order valence-electron chi connectivity index (χ2n) is 6.68. The molecule has 2 fully saturated rings. The van der Waals surface area contributed by atoms with Gasteiger partial charge in [-0.05, 0) is 71.0 Å². The van der Waals surface area contributed by atoms with E-state index in [1.807, 2.05) is 0 Å². The fraction of sp³-hybridized carbons (Fsp3) is 0.941. The molecular weight excluding hydrogens is 260 g/mol. The van der Waals surface area contributed by atoms with Crippen LogP contribution in [0, 0.1) is 5.92 Å². The maximum Gasteiger partial charge on any atom is 0.193 e. The molecule has 2 aliphatic rings. The third kappa shape index (κ3) is 5.85. The van der Waals surface area contributed by atoms with Crippen molar-refractivity contribution in [3.8, 4) is 0 Å². The summed E-state index contributed by atoms with van der Waals surface area (Å²) in [6.45, 7) is 12.7. The molecule has 2 rings (SSSR count). The molecule has 4 heteroatoms. The van der Waals surface area contributed by atoms with Crippen LogP contribution in [-0.4, -0.2) is 61.6 Å². The Morgan fingerprint density at radius 1 is 1.14 bits per heavy atom. The third-order valence-corrected chi connectivity index (χ3v) is 4.63. The zero-order valence-electron chi connectivity index (χ0n) is 14.1. The number of unbranched alkanes of at least 4 members (excludes halogenated alkanes) is 1. The van der Waals surface area contributed by atoms with Crippen LogP contribution < -0.4 is 5.32 Å². The lowest BCUT2D eigenvalue weighted by atomic mass is 10.0. The second-order valence-corrected chi connectivity index (χ2v) is 6.68. The van der Waals surface area contributed by atoms with E-state index in [4.69, 9.17) is 4.99 Å². The first kappa shape index (κ1) is 16.6. The quantitative estimate of drug-likeness (QED) is 0.464. The Morgan fingerprint density at radius 3 is 2.67 bits per heavy atom. The van der Waals surface area contributed by atoms with Crippen LogP contribution in [0.5, 0.6) is 0 Å². The Kier molecular flexibility index (Phi) is 7.34. The van der Waals surface area contributed by atoms with Crippen LogP contribution in [0.3, 0.4) is 0 Å². The minimum Gasteiger partial charge on any atom is -0.357 e. The lowest BCUT2D eigenvalue weighted by Crippen LogP contribution is -2.46. The molecule has 0 aromatic heterocycles. The number of guanidine groups is 1. The average molecular weight is 294 g/mol. The summed E-state index contributed by atoms with van der Waals surface area (Å²) in [5, 5.41) is 3.47. The van der Waals surface area contributed by atoms with E-state index >= 15 is 0 Å². The summed E-state index contributed by atoms with van der Waals surface area (Å²) in [6.07, 6.45) is 7.98. The van der Waals surface area contributed by atoms with Crippen molar-refractivity contribution < 1.29 is 0 Å². The first-order valence-electron chi connectivity index (χ1n) is 9.05. The number of hydrogen-bond donors (Lipinski definition) is 1. The van der Waals surface area contributed by atoms with Crippen LogP contribution >= 0.6 is 0 Å². The van der Waals surface area contributed by atoms with E-state index in [9.17, 15) is 0 Å². The van der Waals surface area contributed by atoms with Gasteiger partial charge in [-0.1, -0.05) is 6.92 Å². The standard InChI is InChI=1S/C17H34N4/c1-3-18-17(21-14-8-9-16(2)15-21)19-10-4-5-11-20-12-6-7-13-20/h16H,3-15H2,1-2H3,(H,18,19). The van der Waals surface area contributed by atoms with Gasteiger partial charge in [-0.25, -0.2) is 0 Å². The number of piperidine rings is 1. The van der Waals surface area contributed by atoms with E-state index in [1.165, 1.54) is 71.2 Å². The number of likely N-dealkylation sites (tertiary alicyclic amines) is 2. The van der Waals surface area contributed by atoms with Gasteiger partial charge in [0.05, 0.1) is 0 Å². The highest BCUT2D eigenvalue weighted by Crippen LogP contribution is 2.15. The summed E-state index contributed by atoms with van der Waals surface area (Å²) in [4.78, 5) is 9.90. The topological polar surface area (TPSA) is 30.9 Å². The normalized spacial score (nSPS) is 24.6. The van der Waals surface area contributed by atoms with Gasteiger partial charge in [0.15, 0.2) is 5.96 Å². The van der Waals surface area contributed by atoms with Crippen LogP contribution in [0.4, 0.5) is 0 Å². The number of nitrogens with one attached hydrogen (secondary N) is 1. The molecule has 1 unspecified atom stereocenters.